The van der Waals surface area contributed by atoms with Gasteiger partial charge in [-0.2, -0.15) is 0 Å². The SMILES string of the molecule is C[C@H]1CNCCN1Cc1cccc(N)c1.Cl.Cl. The molecule has 2 rings (SSSR count). The molecule has 3 N–H and O–H groups in total. The number of hydrogen-bond donors (Lipinski definition) is 2. The Hall–Kier alpha value is -0.480. The summed E-state index contributed by atoms with van der Waals surface area (Å²) in [6.07, 6.45) is 0. The second kappa shape index (κ2) is 7.77. The van der Waals surface area contributed by atoms with Crippen LogP contribution in [0.5, 0.6) is 0 Å². The minimum atomic E-state index is 0. The fraction of sp³-hybridized carbons (Fsp3) is 0.500. The number of nitrogens with zero attached hydrogens (tertiary/aromatic N) is 1. The van der Waals surface area contributed by atoms with Gasteiger partial charge in [0.2, 0.25) is 0 Å². The Labute approximate surface area is 116 Å². The monoisotopic (exact) mass is 277 g/mol. The molecule has 0 aromatic heterocycles. The molecular weight excluding hydrogens is 257 g/mol. The van der Waals surface area contributed by atoms with Gasteiger partial charge in [0.05, 0.1) is 0 Å². The number of nitrogen functional groups attached to an aromatic ring is 1. The van der Waals surface area contributed by atoms with E-state index in [1.807, 2.05) is 12.1 Å². The summed E-state index contributed by atoms with van der Waals surface area (Å²) in [4.78, 5) is 2.49. The second-order valence-corrected chi connectivity index (χ2v) is 4.27. The lowest BCUT2D eigenvalue weighted by atomic mass is 10.1. The van der Waals surface area contributed by atoms with Gasteiger partial charge in [0.1, 0.15) is 0 Å². The van der Waals surface area contributed by atoms with Gasteiger partial charge < -0.3 is 11.1 Å². The number of hydrogen-bond acceptors (Lipinski definition) is 3. The molecule has 0 aliphatic carbocycles. The summed E-state index contributed by atoms with van der Waals surface area (Å²) in [7, 11) is 0. The maximum Gasteiger partial charge on any atom is 0.0317 e. The summed E-state index contributed by atoms with van der Waals surface area (Å²) in [6, 6.07) is 8.78. The third-order valence-corrected chi connectivity index (χ3v) is 2.98. The van der Waals surface area contributed by atoms with Crippen LogP contribution in [0.15, 0.2) is 24.3 Å². The largest absolute Gasteiger partial charge is 0.399 e. The number of rotatable bonds is 2. The normalized spacial score (nSPS) is 20.2. The predicted molar refractivity (Wildman–Crippen MR) is 78.1 cm³/mol. The van der Waals surface area contributed by atoms with Crippen molar-refractivity contribution in [2.75, 3.05) is 25.4 Å². The molecule has 5 heteroatoms. The summed E-state index contributed by atoms with van der Waals surface area (Å²) >= 11 is 0. The van der Waals surface area contributed by atoms with Crippen LogP contribution in [0.1, 0.15) is 12.5 Å². The molecule has 0 amide bonds. The average molecular weight is 278 g/mol. The molecular formula is C12H21Cl2N3. The molecule has 1 atom stereocenters. The Morgan fingerprint density at radius 1 is 1.41 bits per heavy atom. The molecule has 98 valence electrons. The van der Waals surface area contributed by atoms with Gasteiger partial charge >= 0.3 is 0 Å². The molecule has 17 heavy (non-hydrogen) atoms. The van der Waals surface area contributed by atoms with Crippen LogP contribution in [-0.2, 0) is 6.54 Å². The Morgan fingerprint density at radius 3 is 2.82 bits per heavy atom. The molecule has 0 bridgehead atoms. The van der Waals surface area contributed by atoms with Gasteiger partial charge in [-0.1, -0.05) is 12.1 Å². The quantitative estimate of drug-likeness (QED) is 0.812. The highest BCUT2D eigenvalue weighted by atomic mass is 35.5. The van der Waals surface area contributed by atoms with E-state index >= 15 is 0 Å². The molecule has 1 aliphatic rings. The minimum absolute atomic E-state index is 0. The zero-order valence-corrected chi connectivity index (χ0v) is 11.7. The molecule has 0 saturated carbocycles. The molecule has 0 spiro atoms. The third kappa shape index (κ3) is 4.72. The van der Waals surface area contributed by atoms with E-state index in [4.69, 9.17) is 5.73 Å². The number of benzene rings is 1. The summed E-state index contributed by atoms with van der Waals surface area (Å²) in [5.74, 6) is 0. The van der Waals surface area contributed by atoms with Crippen LogP contribution < -0.4 is 11.1 Å². The van der Waals surface area contributed by atoms with Crippen LogP contribution in [0, 0.1) is 0 Å². The maximum atomic E-state index is 5.77. The van der Waals surface area contributed by atoms with Crippen LogP contribution in [-0.4, -0.2) is 30.6 Å². The summed E-state index contributed by atoms with van der Waals surface area (Å²) < 4.78 is 0. The minimum Gasteiger partial charge on any atom is -0.399 e. The maximum absolute atomic E-state index is 5.77. The smallest absolute Gasteiger partial charge is 0.0317 e. The lowest BCUT2D eigenvalue weighted by Crippen LogP contribution is -2.49. The van der Waals surface area contributed by atoms with Crippen LogP contribution >= 0.6 is 24.8 Å². The lowest BCUT2D eigenvalue weighted by molar-refractivity contribution is 0.165. The first kappa shape index (κ1) is 16.5. The zero-order chi connectivity index (χ0) is 10.7. The van der Waals surface area contributed by atoms with E-state index in [1.165, 1.54) is 5.56 Å². The van der Waals surface area contributed by atoms with Gasteiger partial charge in [0.15, 0.2) is 0 Å². The Bertz CT molecular complexity index is 333. The number of halogens is 2. The van der Waals surface area contributed by atoms with Gasteiger partial charge in [0.25, 0.3) is 0 Å². The van der Waals surface area contributed by atoms with Gasteiger partial charge in [-0.15, -0.1) is 24.8 Å². The van der Waals surface area contributed by atoms with Crippen molar-refractivity contribution >= 4 is 30.5 Å². The molecule has 3 nitrogen and oxygen atoms in total. The zero-order valence-electron chi connectivity index (χ0n) is 10.1. The standard InChI is InChI=1S/C12H19N3.2ClH/c1-10-8-14-5-6-15(10)9-11-3-2-4-12(13)7-11;;/h2-4,7,10,14H,5-6,8-9,13H2,1H3;2*1H/t10-;;/m0../s1. The Morgan fingerprint density at radius 2 is 2.18 bits per heavy atom. The number of piperazine rings is 1. The molecule has 0 unspecified atom stereocenters. The van der Waals surface area contributed by atoms with Crippen LogP contribution in [0.3, 0.4) is 0 Å². The molecule has 1 heterocycles. The van der Waals surface area contributed by atoms with Crippen LogP contribution in [0.25, 0.3) is 0 Å². The third-order valence-electron chi connectivity index (χ3n) is 2.98. The Kier molecular flexibility index (Phi) is 7.55. The van der Waals surface area contributed by atoms with E-state index < -0.39 is 0 Å². The van der Waals surface area contributed by atoms with Crippen molar-refractivity contribution < 1.29 is 0 Å². The number of nitrogens with two attached hydrogens (primary N) is 1. The van der Waals surface area contributed by atoms with Crippen LogP contribution in [0.2, 0.25) is 0 Å². The molecule has 1 aliphatic heterocycles. The van der Waals surface area contributed by atoms with E-state index in [0.717, 1.165) is 31.9 Å². The molecule has 1 saturated heterocycles. The van der Waals surface area contributed by atoms with E-state index in [2.05, 4.69) is 29.3 Å². The second-order valence-electron chi connectivity index (χ2n) is 4.27. The highest BCUT2D eigenvalue weighted by Crippen LogP contribution is 2.12. The summed E-state index contributed by atoms with van der Waals surface area (Å²) in [5.41, 5.74) is 7.93. The van der Waals surface area contributed by atoms with Gasteiger partial charge in [0, 0.05) is 37.9 Å². The lowest BCUT2D eigenvalue weighted by Gasteiger charge is -2.33. The summed E-state index contributed by atoms with van der Waals surface area (Å²) in [5, 5.41) is 3.40. The first-order valence-corrected chi connectivity index (χ1v) is 5.55. The van der Waals surface area contributed by atoms with Crippen molar-refractivity contribution in [1.29, 1.82) is 0 Å². The summed E-state index contributed by atoms with van der Waals surface area (Å²) in [6.45, 7) is 6.57. The van der Waals surface area contributed by atoms with Crippen molar-refractivity contribution in [2.24, 2.45) is 0 Å². The highest BCUT2D eigenvalue weighted by molar-refractivity contribution is 5.85. The molecule has 1 aromatic carbocycles. The predicted octanol–water partition coefficient (Wildman–Crippen LogP) is 1.91. The van der Waals surface area contributed by atoms with Gasteiger partial charge in [-0.3, -0.25) is 4.90 Å². The first-order chi connectivity index (χ1) is 7.25. The Balaban J connectivity index is 0.00000128. The van der Waals surface area contributed by atoms with Crippen molar-refractivity contribution in [1.82, 2.24) is 10.2 Å². The van der Waals surface area contributed by atoms with E-state index in [0.29, 0.717) is 6.04 Å². The fourth-order valence-corrected chi connectivity index (χ4v) is 2.04. The van der Waals surface area contributed by atoms with Gasteiger partial charge in [-0.05, 0) is 24.6 Å². The van der Waals surface area contributed by atoms with Crippen molar-refractivity contribution in [3.8, 4) is 0 Å². The first-order valence-electron chi connectivity index (χ1n) is 5.55. The average Bonchev–Trinajstić information content (AvgIpc) is 2.22. The number of nitrogens with one attached hydrogen (secondary N) is 1. The molecule has 1 fully saturated rings. The van der Waals surface area contributed by atoms with Crippen molar-refractivity contribution in [2.45, 2.75) is 19.5 Å². The van der Waals surface area contributed by atoms with Crippen molar-refractivity contribution in [3.05, 3.63) is 29.8 Å². The fourth-order valence-electron chi connectivity index (χ4n) is 2.04. The van der Waals surface area contributed by atoms with Crippen molar-refractivity contribution in [3.63, 3.8) is 0 Å². The molecule has 0 radical (unpaired) electrons. The highest BCUT2D eigenvalue weighted by Gasteiger charge is 2.17. The van der Waals surface area contributed by atoms with E-state index in [9.17, 15) is 0 Å². The van der Waals surface area contributed by atoms with Crippen LogP contribution in [0.4, 0.5) is 5.69 Å². The van der Waals surface area contributed by atoms with E-state index in [-0.39, 0.29) is 24.8 Å². The molecule has 1 aromatic rings. The van der Waals surface area contributed by atoms with Gasteiger partial charge in [-0.25, -0.2) is 0 Å². The van der Waals surface area contributed by atoms with E-state index in [1.54, 1.807) is 0 Å². The number of anilines is 1. The topological polar surface area (TPSA) is 41.3 Å².